The fraction of sp³-hybridized carbons (Fsp3) is 0.217. The van der Waals surface area contributed by atoms with Crippen LogP contribution < -0.4 is 9.50 Å². The molecular weight excluding hydrogens is 450 g/mol. The van der Waals surface area contributed by atoms with E-state index in [0.29, 0.717) is 11.7 Å². The Labute approximate surface area is 192 Å². The summed E-state index contributed by atoms with van der Waals surface area (Å²) in [5, 5.41) is 9.23. The molecular formula is C23H22ClN3O4S. The summed E-state index contributed by atoms with van der Waals surface area (Å²) in [5.41, 5.74) is 1.81. The van der Waals surface area contributed by atoms with Crippen LogP contribution in [0.3, 0.4) is 0 Å². The van der Waals surface area contributed by atoms with Crippen LogP contribution in [0.1, 0.15) is 30.3 Å². The normalized spacial score (nSPS) is 16.1. The van der Waals surface area contributed by atoms with E-state index in [-0.39, 0.29) is 29.1 Å². The molecule has 0 aliphatic carbocycles. The molecule has 3 aromatic carbocycles. The summed E-state index contributed by atoms with van der Waals surface area (Å²) in [7, 11) is -3.89. The Morgan fingerprint density at radius 2 is 1.78 bits per heavy atom. The first-order valence-corrected chi connectivity index (χ1v) is 11.5. The number of hydrogen-bond donors (Lipinski definition) is 1. The summed E-state index contributed by atoms with van der Waals surface area (Å²) < 4.78 is 35.9. The molecule has 1 aliphatic heterocycles. The molecule has 5 rings (SSSR count). The zero-order chi connectivity index (χ0) is 21.4. The van der Waals surface area contributed by atoms with Crippen LogP contribution in [0.25, 0.3) is 22.2 Å². The van der Waals surface area contributed by atoms with Crippen molar-refractivity contribution in [2.45, 2.75) is 30.7 Å². The number of benzene rings is 3. The number of aromatic nitrogens is 2. The van der Waals surface area contributed by atoms with Gasteiger partial charge in [-0.2, -0.15) is 13.4 Å². The summed E-state index contributed by atoms with van der Waals surface area (Å²) in [6.45, 7) is 2.86. The van der Waals surface area contributed by atoms with Crippen molar-refractivity contribution in [1.29, 1.82) is 0 Å². The van der Waals surface area contributed by atoms with E-state index in [1.54, 1.807) is 24.3 Å². The van der Waals surface area contributed by atoms with Crippen molar-refractivity contribution >= 4 is 33.3 Å². The van der Waals surface area contributed by atoms with E-state index in [1.807, 2.05) is 31.2 Å². The van der Waals surface area contributed by atoms with Crippen LogP contribution in [0, 0.1) is 6.92 Å². The lowest BCUT2D eigenvalue weighted by atomic mass is 10.1. The van der Waals surface area contributed by atoms with Gasteiger partial charge in [0.25, 0.3) is 0 Å². The smallest absolute Gasteiger partial charge is 0.339 e. The van der Waals surface area contributed by atoms with E-state index in [0.717, 1.165) is 41.3 Å². The van der Waals surface area contributed by atoms with Gasteiger partial charge in [0.05, 0.1) is 6.04 Å². The zero-order valence-corrected chi connectivity index (χ0v) is 18.9. The van der Waals surface area contributed by atoms with Gasteiger partial charge in [0.1, 0.15) is 10.6 Å². The molecule has 1 fully saturated rings. The van der Waals surface area contributed by atoms with Gasteiger partial charge >= 0.3 is 10.1 Å². The van der Waals surface area contributed by atoms with Crippen LogP contribution >= 0.6 is 12.4 Å². The van der Waals surface area contributed by atoms with Gasteiger partial charge in [0.2, 0.25) is 11.7 Å². The third-order valence-corrected chi connectivity index (χ3v) is 6.65. The largest absolute Gasteiger partial charge is 0.379 e. The molecule has 32 heavy (non-hydrogen) atoms. The molecule has 0 spiro atoms. The van der Waals surface area contributed by atoms with E-state index >= 15 is 0 Å². The number of halogens is 1. The number of rotatable bonds is 5. The van der Waals surface area contributed by atoms with E-state index < -0.39 is 10.1 Å². The van der Waals surface area contributed by atoms with Crippen LogP contribution in [0.4, 0.5) is 0 Å². The van der Waals surface area contributed by atoms with Gasteiger partial charge in [-0.15, -0.1) is 12.4 Å². The van der Waals surface area contributed by atoms with E-state index in [2.05, 4.69) is 15.5 Å². The predicted molar refractivity (Wildman–Crippen MR) is 123 cm³/mol. The van der Waals surface area contributed by atoms with Crippen LogP contribution in [0.5, 0.6) is 5.75 Å². The minimum absolute atomic E-state index is 0. The Kier molecular flexibility index (Phi) is 6.19. The molecule has 0 saturated carbocycles. The molecule has 166 valence electrons. The highest BCUT2D eigenvalue weighted by atomic mass is 35.5. The first-order valence-electron chi connectivity index (χ1n) is 10.1. The van der Waals surface area contributed by atoms with Crippen molar-refractivity contribution in [3.8, 4) is 17.1 Å². The minimum Gasteiger partial charge on any atom is -0.379 e. The number of hydrogen-bond acceptors (Lipinski definition) is 7. The molecule has 1 saturated heterocycles. The quantitative estimate of drug-likeness (QED) is 0.417. The number of aryl methyl sites for hydroxylation is 1. The van der Waals surface area contributed by atoms with Gasteiger partial charge in [-0.05, 0) is 67.4 Å². The first kappa shape index (κ1) is 22.3. The molecule has 9 heteroatoms. The lowest BCUT2D eigenvalue weighted by Gasteiger charge is -2.08. The molecule has 7 nitrogen and oxygen atoms in total. The Morgan fingerprint density at radius 1 is 1.03 bits per heavy atom. The van der Waals surface area contributed by atoms with E-state index in [1.165, 1.54) is 12.1 Å². The molecule has 0 amide bonds. The Morgan fingerprint density at radius 3 is 2.53 bits per heavy atom. The van der Waals surface area contributed by atoms with Crippen LogP contribution in [-0.4, -0.2) is 25.1 Å². The minimum atomic E-state index is -3.89. The van der Waals surface area contributed by atoms with Gasteiger partial charge in [-0.25, -0.2) is 0 Å². The monoisotopic (exact) mass is 471 g/mol. The fourth-order valence-electron chi connectivity index (χ4n) is 3.68. The SMILES string of the molecule is Cc1ccc(S(=O)(=O)Oc2ccc3cc(-c4noc([C@@H]5CCCN5)n4)ccc3c2)cc1.Cl. The number of fused-ring (bicyclic) bond motifs is 1. The molecule has 0 bridgehead atoms. The average molecular weight is 472 g/mol. The highest BCUT2D eigenvalue weighted by Crippen LogP contribution is 2.29. The number of nitrogens with one attached hydrogen (secondary N) is 1. The fourth-order valence-corrected chi connectivity index (χ4v) is 4.61. The Hall–Kier alpha value is -2.94. The molecule has 2 heterocycles. The maximum Gasteiger partial charge on any atom is 0.339 e. The van der Waals surface area contributed by atoms with Crippen LogP contribution in [-0.2, 0) is 10.1 Å². The molecule has 4 aromatic rings. The van der Waals surface area contributed by atoms with Crippen molar-refractivity contribution in [2.24, 2.45) is 0 Å². The Balaban J connectivity index is 0.00000245. The average Bonchev–Trinajstić information content (AvgIpc) is 3.45. The maximum atomic E-state index is 12.5. The molecule has 0 radical (unpaired) electrons. The summed E-state index contributed by atoms with van der Waals surface area (Å²) in [4.78, 5) is 4.65. The second kappa shape index (κ2) is 8.90. The molecule has 1 aromatic heterocycles. The van der Waals surface area contributed by atoms with Crippen molar-refractivity contribution in [3.05, 3.63) is 72.1 Å². The van der Waals surface area contributed by atoms with Gasteiger partial charge < -0.3 is 14.0 Å². The van der Waals surface area contributed by atoms with Gasteiger partial charge in [-0.1, -0.05) is 41.1 Å². The zero-order valence-electron chi connectivity index (χ0n) is 17.3. The first-order chi connectivity index (χ1) is 15.0. The van der Waals surface area contributed by atoms with Gasteiger partial charge in [0.15, 0.2) is 0 Å². The van der Waals surface area contributed by atoms with E-state index in [4.69, 9.17) is 8.71 Å². The summed E-state index contributed by atoms with van der Waals surface area (Å²) in [6, 6.07) is 17.6. The molecule has 1 N–H and O–H groups in total. The van der Waals surface area contributed by atoms with Crippen molar-refractivity contribution in [3.63, 3.8) is 0 Å². The highest BCUT2D eigenvalue weighted by molar-refractivity contribution is 7.87. The van der Waals surface area contributed by atoms with Crippen molar-refractivity contribution < 1.29 is 17.1 Å². The lowest BCUT2D eigenvalue weighted by molar-refractivity contribution is 0.345. The van der Waals surface area contributed by atoms with Gasteiger partial charge in [-0.3, -0.25) is 0 Å². The highest BCUT2D eigenvalue weighted by Gasteiger charge is 2.23. The Bertz CT molecular complexity index is 1350. The van der Waals surface area contributed by atoms with Crippen LogP contribution in [0.2, 0.25) is 0 Å². The second-order valence-corrected chi connectivity index (χ2v) is 9.23. The summed E-state index contributed by atoms with van der Waals surface area (Å²) >= 11 is 0. The van der Waals surface area contributed by atoms with Crippen molar-refractivity contribution in [1.82, 2.24) is 15.5 Å². The third kappa shape index (κ3) is 4.48. The standard InChI is InChI=1S/C23H21N3O4S.ClH/c1-15-4-10-20(11-5-15)31(27,28)30-19-9-8-16-13-18(7-6-17(16)14-19)22-25-23(29-26-22)21-3-2-12-24-21;/h4-11,13-14,21,24H,2-3,12H2,1H3;1H/t21-;/m0./s1. The maximum absolute atomic E-state index is 12.5. The second-order valence-electron chi connectivity index (χ2n) is 7.68. The van der Waals surface area contributed by atoms with E-state index in [9.17, 15) is 8.42 Å². The topological polar surface area (TPSA) is 94.3 Å². The molecule has 0 unspecified atom stereocenters. The summed E-state index contributed by atoms with van der Waals surface area (Å²) in [6.07, 6.45) is 2.09. The van der Waals surface area contributed by atoms with Crippen LogP contribution in [0.15, 0.2) is 70.1 Å². The third-order valence-electron chi connectivity index (χ3n) is 5.39. The van der Waals surface area contributed by atoms with Crippen molar-refractivity contribution in [2.75, 3.05) is 6.54 Å². The lowest BCUT2D eigenvalue weighted by Crippen LogP contribution is -2.12. The molecule has 1 atom stereocenters. The predicted octanol–water partition coefficient (Wildman–Crippen LogP) is 4.81. The molecule has 1 aliphatic rings. The number of nitrogens with zero attached hydrogens (tertiary/aromatic N) is 2. The summed E-state index contributed by atoms with van der Waals surface area (Å²) in [5.74, 6) is 1.40. The van der Waals surface area contributed by atoms with Gasteiger partial charge in [0, 0.05) is 5.56 Å².